The minimum absolute atomic E-state index is 0.847. The van der Waals surface area contributed by atoms with Crippen molar-refractivity contribution in [1.82, 2.24) is 0 Å². The Morgan fingerprint density at radius 2 is 1.53 bits per heavy atom. The molecule has 0 unspecified atom stereocenters. The van der Waals surface area contributed by atoms with Crippen molar-refractivity contribution in [2.24, 2.45) is 0 Å². The molecule has 0 aromatic heterocycles. The van der Waals surface area contributed by atoms with Crippen LogP contribution in [-0.4, -0.2) is 6.61 Å². The van der Waals surface area contributed by atoms with Gasteiger partial charge in [-0.25, -0.2) is 0 Å². The fraction of sp³-hybridized carbons (Fsp3) is 0.714. The van der Waals surface area contributed by atoms with Crippen LogP contribution >= 0.6 is 0 Å². The summed E-state index contributed by atoms with van der Waals surface area (Å²) in [5.41, 5.74) is 0. The van der Waals surface area contributed by atoms with Crippen LogP contribution in [0.1, 0.15) is 58.3 Å². The molecular weight excluding hydrogens is 184 g/mol. The first kappa shape index (κ1) is 14.3. The van der Waals surface area contributed by atoms with E-state index < -0.39 is 0 Å². The van der Waals surface area contributed by atoms with Gasteiger partial charge in [-0.15, -0.1) is 0 Å². The van der Waals surface area contributed by atoms with Crippen molar-refractivity contribution < 1.29 is 4.74 Å². The molecule has 88 valence electrons. The van der Waals surface area contributed by atoms with Gasteiger partial charge in [0.25, 0.3) is 0 Å². The zero-order valence-electron chi connectivity index (χ0n) is 10.2. The molecule has 1 heteroatoms. The van der Waals surface area contributed by atoms with Crippen molar-refractivity contribution in [3.63, 3.8) is 0 Å². The van der Waals surface area contributed by atoms with Crippen LogP contribution < -0.4 is 0 Å². The van der Waals surface area contributed by atoms with E-state index in [1.165, 1.54) is 51.4 Å². The van der Waals surface area contributed by atoms with Gasteiger partial charge in [0.1, 0.15) is 0 Å². The van der Waals surface area contributed by atoms with Crippen LogP contribution in [0.5, 0.6) is 0 Å². The van der Waals surface area contributed by atoms with Gasteiger partial charge < -0.3 is 4.74 Å². The molecule has 15 heavy (non-hydrogen) atoms. The standard InChI is InChI=1S/C14H26O/c1-3-5-7-8-9-10-11-12-14-15-13-6-4-2/h4,6,13H,2-3,5,7-12,14H2,1H3. The molecule has 0 amide bonds. The van der Waals surface area contributed by atoms with Crippen molar-refractivity contribution >= 4 is 0 Å². The Kier molecular flexibility index (Phi) is 12.6. The van der Waals surface area contributed by atoms with Gasteiger partial charge >= 0.3 is 0 Å². The summed E-state index contributed by atoms with van der Waals surface area (Å²) in [4.78, 5) is 0. The molecule has 0 saturated carbocycles. The second-order valence-electron chi connectivity index (χ2n) is 3.91. The highest BCUT2D eigenvalue weighted by Gasteiger charge is 1.90. The molecule has 0 radical (unpaired) electrons. The van der Waals surface area contributed by atoms with Crippen molar-refractivity contribution in [3.05, 3.63) is 25.0 Å². The van der Waals surface area contributed by atoms with Crippen LogP contribution in [0.25, 0.3) is 0 Å². The van der Waals surface area contributed by atoms with Crippen molar-refractivity contribution in [3.8, 4) is 0 Å². The maximum atomic E-state index is 5.27. The van der Waals surface area contributed by atoms with E-state index in [2.05, 4.69) is 13.5 Å². The molecule has 1 nitrogen and oxygen atoms in total. The molecule has 0 heterocycles. The Hall–Kier alpha value is -0.720. The third-order valence-electron chi connectivity index (χ3n) is 2.43. The van der Waals surface area contributed by atoms with Crippen molar-refractivity contribution in [1.29, 1.82) is 0 Å². The highest BCUT2D eigenvalue weighted by molar-refractivity contribution is 4.92. The van der Waals surface area contributed by atoms with Crippen LogP contribution in [-0.2, 0) is 4.74 Å². The first-order valence-electron chi connectivity index (χ1n) is 6.31. The quantitative estimate of drug-likeness (QED) is 0.269. The third kappa shape index (κ3) is 13.3. The van der Waals surface area contributed by atoms with Gasteiger partial charge in [0.05, 0.1) is 12.9 Å². The maximum absolute atomic E-state index is 5.27. The Morgan fingerprint density at radius 1 is 0.933 bits per heavy atom. The lowest BCUT2D eigenvalue weighted by atomic mass is 10.1. The van der Waals surface area contributed by atoms with E-state index in [4.69, 9.17) is 4.74 Å². The lowest BCUT2D eigenvalue weighted by Gasteiger charge is -2.01. The summed E-state index contributed by atoms with van der Waals surface area (Å²) in [6.07, 6.45) is 16.1. The second kappa shape index (κ2) is 13.3. The molecule has 0 aromatic carbocycles. The van der Waals surface area contributed by atoms with Crippen LogP contribution in [0, 0.1) is 0 Å². The predicted octanol–water partition coefficient (Wildman–Crippen LogP) is 4.84. The summed E-state index contributed by atoms with van der Waals surface area (Å²) >= 11 is 0. The number of rotatable bonds is 11. The summed E-state index contributed by atoms with van der Waals surface area (Å²) in [6, 6.07) is 0. The van der Waals surface area contributed by atoms with Gasteiger partial charge in [0.2, 0.25) is 0 Å². The summed E-state index contributed by atoms with van der Waals surface area (Å²) in [6.45, 7) is 6.68. The normalized spacial score (nSPS) is 10.7. The summed E-state index contributed by atoms with van der Waals surface area (Å²) in [5.74, 6) is 0. The third-order valence-corrected chi connectivity index (χ3v) is 2.43. The number of ether oxygens (including phenoxy) is 1. The van der Waals surface area contributed by atoms with Crippen LogP contribution in [0.2, 0.25) is 0 Å². The van der Waals surface area contributed by atoms with E-state index in [1.54, 1.807) is 12.3 Å². The molecule has 0 aliphatic carbocycles. The molecule has 0 atom stereocenters. The minimum atomic E-state index is 0.847. The molecule has 0 aromatic rings. The monoisotopic (exact) mass is 210 g/mol. The van der Waals surface area contributed by atoms with E-state index in [0.717, 1.165) is 6.61 Å². The van der Waals surface area contributed by atoms with Crippen molar-refractivity contribution in [2.75, 3.05) is 6.61 Å². The topological polar surface area (TPSA) is 9.23 Å². The first-order chi connectivity index (χ1) is 7.41. The van der Waals surface area contributed by atoms with Gasteiger partial charge in [-0.3, -0.25) is 0 Å². The SMILES string of the molecule is C=CC=COCCCCCCCCCC. The maximum Gasteiger partial charge on any atom is 0.0873 e. The van der Waals surface area contributed by atoms with E-state index in [1.807, 2.05) is 6.08 Å². The number of hydrogen-bond acceptors (Lipinski definition) is 1. The van der Waals surface area contributed by atoms with Gasteiger partial charge in [-0.05, 0) is 12.5 Å². The Labute approximate surface area is 95.2 Å². The zero-order valence-corrected chi connectivity index (χ0v) is 10.2. The van der Waals surface area contributed by atoms with Crippen LogP contribution in [0.4, 0.5) is 0 Å². The van der Waals surface area contributed by atoms with E-state index in [0.29, 0.717) is 0 Å². The van der Waals surface area contributed by atoms with Crippen molar-refractivity contribution in [2.45, 2.75) is 58.3 Å². The highest BCUT2D eigenvalue weighted by Crippen LogP contribution is 2.08. The van der Waals surface area contributed by atoms with E-state index in [9.17, 15) is 0 Å². The van der Waals surface area contributed by atoms with Gasteiger partial charge in [0, 0.05) is 0 Å². The van der Waals surface area contributed by atoms with Crippen LogP contribution in [0.3, 0.4) is 0 Å². The molecule has 0 aliphatic heterocycles. The van der Waals surface area contributed by atoms with Crippen LogP contribution in [0.15, 0.2) is 25.0 Å². The Bertz CT molecular complexity index is 149. The fourth-order valence-electron chi connectivity index (χ4n) is 1.50. The van der Waals surface area contributed by atoms with Gasteiger partial charge in [-0.1, -0.05) is 64.5 Å². The summed E-state index contributed by atoms with van der Waals surface area (Å²) < 4.78 is 5.27. The lowest BCUT2D eigenvalue weighted by Crippen LogP contribution is -1.88. The summed E-state index contributed by atoms with van der Waals surface area (Å²) in [7, 11) is 0. The van der Waals surface area contributed by atoms with Gasteiger partial charge in [0.15, 0.2) is 0 Å². The highest BCUT2D eigenvalue weighted by atomic mass is 16.5. The van der Waals surface area contributed by atoms with E-state index in [-0.39, 0.29) is 0 Å². The molecule has 0 rings (SSSR count). The molecule has 0 aliphatic rings. The molecule has 0 spiro atoms. The second-order valence-corrected chi connectivity index (χ2v) is 3.91. The average molecular weight is 210 g/mol. The number of unbranched alkanes of at least 4 members (excludes halogenated alkanes) is 7. The minimum Gasteiger partial charge on any atom is -0.501 e. The fourth-order valence-corrected chi connectivity index (χ4v) is 1.50. The first-order valence-corrected chi connectivity index (χ1v) is 6.31. The Morgan fingerprint density at radius 3 is 2.13 bits per heavy atom. The summed E-state index contributed by atoms with van der Waals surface area (Å²) in [5, 5.41) is 0. The Balaban J connectivity index is 2.92. The smallest absolute Gasteiger partial charge is 0.0873 e. The zero-order chi connectivity index (χ0) is 11.2. The number of hydrogen-bond donors (Lipinski definition) is 0. The molecule has 0 fully saturated rings. The predicted molar refractivity (Wildman–Crippen MR) is 67.9 cm³/mol. The molecular formula is C14H26O. The van der Waals surface area contributed by atoms with E-state index >= 15 is 0 Å². The van der Waals surface area contributed by atoms with Gasteiger partial charge in [-0.2, -0.15) is 0 Å². The average Bonchev–Trinajstić information content (AvgIpc) is 2.26. The lowest BCUT2D eigenvalue weighted by molar-refractivity contribution is 0.240. The molecule has 0 saturated heterocycles. The molecule has 0 N–H and O–H groups in total. The molecule has 0 bridgehead atoms. The largest absolute Gasteiger partial charge is 0.501 e. The number of allylic oxidation sites excluding steroid dienone is 2.